The van der Waals surface area contributed by atoms with Gasteiger partial charge in [-0.2, -0.15) is 0 Å². The van der Waals surface area contributed by atoms with Gasteiger partial charge in [0, 0.05) is 35.4 Å². The lowest BCUT2D eigenvalue weighted by atomic mass is 10.1. The molecule has 1 N–H and O–H groups in total. The highest BCUT2D eigenvalue weighted by Crippen LogP contribution is 2.33. The SMILES string of the molecule is CC1Cc2cc(-n3ccnc3-c3cc(C#CCO)cs3)ccc2O1. The highest BCUT2D eigenvalue weighted by atomic mass is 32.1. The first-order valence-electron chi connectivity index (χ1n) is 7.76. The molecule has 3 aromatic rings. The van der Waals surface area contributed by atoms with Gasteiger partial charge < -0.3 is 9.84 Å². The van der Waals surface area contributed by atoms with E-state index in [0.29, 0.717) is 0 Å². The molecule has 1 atom stereocenters. The largest absolute Gasteiger partial charge is 0.490 e. The Labute approximate surface area is 144 Å². The lowest BCUT2D eigenvalue weighted by Gasteiger charge is -2.08. The molecule has 1 unspecified atom stereocenters. The third kappa shape index (κ3) is 2.71. The van der Waals surface area contributed by atoms with E-state index in [1.165, 1.54) is 5.56 Å². The van der Waals surface area contributed by atoms with Crippen LogP contribution in [-0.2, 0) is 6.42 Å². The predicted octanol–water partition coefficient (Wildman–Crippen LogP) is 3.27. The zero-order valence-electron chi connectivity index (χ0n) is 13.2. The Bertz CT molecular complexity index is 946. The molecule has 0 bridgehead atoms. The quantitative estimate of drug-likeness (QED) is 0.731. The van der Waals surface area contributed by atoms with Crippen molar-refractivity contribution >= 4 is 11.3 Å². The zero-order chi connectivity index (χ0) is 16.5. The number of thiophene rings is 1. The highest BCUT2D eigenvalue weighted by molar-refractivity contribution is 7.13. The molecule has 5 heteroatoms. The molecule has 4 rings (SSSR count). The molecule has 0 spiro atoms. The fraction of sp³-hybridized carbons (Fsp3) is 0.211. The number of fused-ring (bicyclic) bond motifs is 1. The topological polar surface area (TPSA) is 47.3 Å². The second kappa shape index (κ2) is 6.16. The first-order chi connectivity index (χ1) is 11.7. The summed E-state index contributed by atoms with van der Waals surface area (Å²) in [7, 11) is 0. The van der Waals surface area contributed by atoms with E-state index in [4.69, 9.17) is 9.84 Å². The van der Waals surface area contributed by atoms with Crippen molar-refractivity contribution in [1.82, 2.24) is 9.55 Å². The number of rotatable bonds is 2. The van der Waals surface area contributed by atoms with Crippen LogP contribution in [0.4, 0.5) is 0 Å². The molecule has 0 saturated heterocycles. The molecule has 24 heavy (non-hydrogen) atoms. The maximum Gasteiger partial charge on any atom is 0.154 e. The zero-order valence-corrected chi connectivity index (χ0v) is 14.0. The van der Waals surface area contributed by atoms with Crippen molar-refractivity contribution in [3.05, 3.63) is 53.2 Å². The van der Waals surface area contributed by atoms with Gasteiger partial charge >= 0.3 is 0 Å². The van der Waals surface area contributed by atoms with E-state index in [1.54, 1.807) is 17.5 Å². The van der Waals surface area contributed by atoms with Gasteiger partial charge in [0.15, 0.2) is 5.82 Å². The maximum atomic E-state index is 8.81. The van der Waals surface area contributed by atoms with E-state index in [1.807, 2.05) is 23.7 Å². The maximum absolute atomic E-state index is 8.81. The number of imidazole rings is 1. The molecule has 2 aromatic heterocycles. The van der Waals surface area contributed by atoms with Gasteiger partial charge in [-0.05, 0) is 36.8 Å². The van der Waals surface area contributed by atoms with Crippen LogP contribution in [0.2, 0.25) is 0 Å². The molecule has 1 aromatic carbocycles. The molecule has 0 aliphatic carbocycles. The van der Waals surface area contributed by atoms with Crippen molar-refractivity contribution in [2.45, 2.75) is 19.4 Å². The summed E-state index contributed by atoms with van der Waals surface area (Å²) in [5, 5.41) is 10.8. The third-order valence-corrected chi connectivity index (χ3v) is 4.86. The minimum atomic E-state index is -0.130. The average Bonchev–Trinajstić information content (AvgIpc) is 3.29. The van der Waals surface area contributed by atoms with E-state index >= 15 is 0 Å². The summed E-state index contributed by atoms with van der Waals surface area (Å²) >= 11 is 1.60. The van der Waals surface area contributed by atoms with Gasteiger partial charge in [-0.3, -0.25) is 4.57 Å². The molecular weight excluding hydrogens is 320 g/mol. The van der Waals surface area contributed by atoms with Crippen LogP contribution < -0.4 is 4.74 Å². The third-order valence-electron chi connectivity index (χ3n) is 3.93. The van der Waals surface area contributed by atoms with Crippen molar-refractivity contribution in [2.24, 2.45) is 0 Å². The summed E-state index contributed by atoms with van der Waals surface area (Å²) in [4.78, 5) is 5.56. The molecule has 0 amide bonds. The molecule has 0 saturated carbocycles. The summed E-state index contributed by atoms with van der Waals surface area (Å²) in [6.07, 6.45) is 4.95. The van der Waals surface area contributed by atoms with Gasteiger partial charge in [0.1, 0.15) is 18.5 Å². The van der Waals surface area contributed by atoms with Crippen LogP contribution in [0.15, 0.2) is 42.0 Å². The lowest BCUT2D eigenvalue weighted by Crippen LogP contribution is -2.05. The van der Waals surface area contributed by atoms with E-state index in [0.717, 1.165) is 34.1 Å². The normalized spacial score (nSPS) is 15.5. The number of aliphatic hydroxyl groups excluding tert-OH is 1. The van der Waals surface area contributed by atoms with Gasteiger partial charge in [0.25, 0.3) is 0 Å². The molecule has 1 aliphatic rings. The van der Waals surface area contributed by atoms with Crippen LogP contribution >= 0.6 is 11.3 Å². The first-order valence-corrected chi connectivity index (χ1v) is 8.64. The van der Waals surface area contributed by atoms with Gasteiger partial charge in [0.2, 0.25) is 0 Å². The van der Waals surface area contributed by atoms with Gasteiger partial charge in [-0.25, -0.2) is 4.98 Å². The van der Waals surface area contributed by atoms with E-state index < -0.39 is 0 Å². The molecule has 120 valence electrons. The Morgan fingerprint density at radius 1 is 1.42 bits per heavy atom. The van der Waals surface area contributed by atoms with Gasteiger partial charge in [-0.15, -0.1) is 11.3 Å². The minimum absolute atomic E-state index is 0.130. The summed E-state index contributed by atoms with van der Waals surface area (Å²) < 4.78 is 7.86. The van der Waals surface area contributed by atoms with Crippen LogP contribution in [0.1, 0.15) is 18.1 Å². The van der Waals surface area contributed by atoms with Gasteiger partial charge in [0.05, 0.1) is 4.88 Å². The van der Waals surface area contributed by atoms with Crippen LogP contribution in [0, 0.1) is 11.8 Å². The molecule has 0 fully saturated rings. The van der Waals surface area contributed by atoms with E-state index in [2.05, 4.69) is 40.4 Å². The van der Waals surface area contributed by atoms with Crippen molar-refractivity contribution in [2.75, 3.05) is 6.61 Å². The molecular formula is C19H16N2O2S. The number of hydrogen-bond acceptors (Lipinski definition) is 4. The van der Waals surface area contributed by atoms with Crippen LogP contribution in [0.5, 0.6) is 5.75 Å². The highest BCUT2D eigenvalue weighted by Gasteiger charge is 2.20. The summed E-state index contributed by atoms with van der Waals surface area (Å²) in [6.45, 7) is 1.96. The molecule has 4 nitrogen and oxygen atoms in total. The number of benzene rings is 1. The summed E-state index contributed by atoms with van der Waals surface area (Å²) in [5.74, 6) is 7.47. The summed E-state index contributed by atoms with van der Waals surface area (Å²) in [5.41, 5.74) is 3.21. The van der Waals surface area contributed by atoms with Crippen molar-refractivity contribution in [3.63, 3.8) is 0 Å². The number of hydrogen-bond donors (Lipinski definition) is 1. The number of aliphatic hydroxyl groups is 1. The molecule has 1 aliphatic heterocycles. The Morgan fingerprint density at radius 2 is 2.33 bits per heavy atom. The Morgan fingerprint density at radius 3 is 3.21 bits per heavy atom. The average molecular weight is 336 g/mol. The summed E-state index contributed by atoms with van der Waals surface area (Å²) in [6, 6.07) is 8.27. The molecule has 3 heterocycles. The Kier molecular flexibility index (Phi) is 3.85. The minimum Gasteiger partial charge on any atom is -0.490 e. The van der Waals surface area contributed by atoms with Crippen LogP contribution in [0.25, 0.3) is 16.4 Å². The van der Waals surface area contributed by atoms with E-state index in [-0.39, 0.29) is 12.7 Å². The molecule has 0 radical (unpaired) electrons. The Balaban J connectivity index is 1.71. The van der Waals surface area contributed by atoms with Crippen molar-refractivity contribution < 1.29 is 9.84 Å². The lowest BCUT2D eigenvalue weighted by molar-refractivity contribution is 0.254. The first kappa shape index (κ1) is 15.0. The van der Waals surface area contributed by atoms with Crippen molar-refractivity contribution in [3.8, 4) is 34.0 Å². The predicted molar refractivity (Wildman–Crippen MR) is 94.6 cm³/mol. The fourth-order valence-corrected chi connectivity index (χ4v) is 3.75. The second-order valence-electron chi connectivity index (χ2n) is 5.70. The van der Waals surface area contributed by atoms with Gasteiger partial charge in [-0.1, -0.05) is 11.8 Å². The standard InChI is InChI=1S/C19H16N2O2S/c1-13-9-15-11-16(4-5-17(15)23-13)21-7-6-20-19(21)18-10-14(12-24-18)3-2-8-22/h4-7,10-13,22H,8-9H2,1H3. The Hall–Kier alpha value is -2.55. The fourth-order valence-electron chi connectivity index (χ4n) is 2.91. The van der Waals surface area contributed by atoms with Crippen LogP contribution in [-0.4, -0.2) is 27.4 Å². The van der Waals surface area contributed by atoms with E-state index in [9.17, 15) is 0 Å². The monoisotopic (exact) mass is 336 g/mol. The second-order valence-corrected chi connectivity index (χ2v) is 6.62. The number of nitrogens with zero attached hydrogens (tertiary/aromatic N) is 2. The van der Waals surface area contributed by atoms with Crippen molar-refractivity contribution in [1.29, 1.82) is 0 Å². The smallest absolute Gasteiger partial charge is 0.154 e. The number of ether oxygens (including phenoxy) is 1. The number of aromatic nitrogens is 2. The van der Waals surface area contributed by atoms with Crippen LogP contribution in [0.3, 0.4) is 0 Å².